The topological polar surface area (TPSA) is 98.0 Å². The second-order valence-electron chi connectivity index (χ2n) is 4.52. The van der Waals surface area contributed by atoms with Crippen LogP contribution in [0.25, 0.3) is 0 Å². The molecule has 2 unspecified atom stereocenters. The maximum Gasteiger partial charge on any atom is 0.323 e. The van der Waals surface area contributed by atoms with E-state index in [1.54, 1.807) is 0 Å². The highest BCUT2D eigenvalue weighted by atomic mass is 32.2. The Labute approximate surface area is 123 Å². The zero-order valence-electron chi connectivity index (χ0n) is 11.9. The molecule has 1 aromatic rings. The van der Waals surface area contributed by atoms with Gasteiger partial charge in [0.15, 0.2) is 0 Å². The first-order chi connectivity index (χ1) is 9.76. The van der Waals surface area contributed by atoms with Crippen molar-refractivity contribution in [2.75, 3.05) is 23.1 Å². The van der Waals surface area contributed by atoms with Crippen molar-refractivity contribution >= 4 is 23.7 Å². The molecular weight excluding hydrogens is 276 g/mol. The van der Waals surface area contributed by atoms with E-state index >= 15 is 0 Å². The molecule has 0 spiro atoms. The molecule has 0 aromatic carbocycles. The first-order valence-corrected chi connectivity index (χ1v) is 8.05. The van der Waals surface area contributed by atoms with Gasteiger partial charge in [0.2, 0.25) is 11.9 Å². The van der Waals surface area contributed by atoms with Crippen LogP contribution in [0.4, 0.5) is 11.9 Å². The standard InChI is InChI=1S/C12H22N6OS/c1-3-19-12-16-10(15-11(17-12)18-13)14-8-6-5-7-9(8)20-4-2/h8-9H,3-7,13H2,1-2H3,(H2,14,15,16,17,18). The van der Waals surface area contributed by atoms with Crippen molar-refractivity contribution in [3.63, 3.8) is 0 Å². The Morgan fingerprint density at radius 2 is 2.05 bits per heavy atom. The zero-order chi connectivity index (χ0) is 14.4. The van der Waals surface area contributed by atoms with Crippen molar-refractivity contribution in [3.8, 4) is 6.01 Å². The van der Waals surface area contributed by atoms with Gasteiger partial charge in [0, 0.05) is 11.3 Å². The summed E-state index contributed by atoms with van der Waals surface area (Å²) in [7, 11) is 0. The van der Waals surface area contributed by atoms with Gasteiger partial charge in [-0.15, -0.1) is 0 Å². The van der Waals surface area contributed by atoms with E-state index in [2.05, 4.69) is 32.6 Å². The molecule has 1 aliphatic carbocycles. The number of hydrogen-bond donors (Lipinski definition) is 3. The molecule has 0 radical (unpaired) electrons. The predicted octanol–water partition coefficient (Wildman–Crippen LogP) is 1.64. The molecule has 8 heteroatoms. The molecular formula is C12H22N6OS. The first-order valence-electron chi connectivity index (χ1n) is 7.00. The molecule has 4 N–H and O–H groups in total. The Hall–Kier alpha value is -1.28. The summed E-state index contributed by atoms with van der Waals surface area (Å²) < 4.78 is 5.32. The fraction of sp³-hybridized carbons (Fsp3) is 0.750. The summed E-state index contributed by atoms with van der Waals surface area (Å²) in [5, 5.41) is 4.00. The van der Waals surface area contributed by atoms with E-state index in [1.165, 1.54) is 12.8 Å². The average Bonchev–Trinajstić information content (AvgIpc) is 2.86. The molecule has 2 rings (SSSR count). The van der Waals surface area contributed by atoms with Crippen LogP contribution in [-0.2, 0) is 0 Å². The zero-order valence-corrected chi connectivity index (χ0v) is 12.7. The molecule has 1 heterocycles. The van der Waals surface area contributed by atoms with Gasteiger partial charge in [0.05, 0.1) is 6.61 Å². The van der Waals surface area contributed by atoms with E-state index in [0.29, 0.717) is 29.8 Å². The van der Waals surface area contributed by atoms with Crippen LogP contribution < -0.4 is 21.3 Å². The van der Waals surface area contributed by atoms with Crippen molar-refractivity contribution in [2.24, 2.45) is 5.84 Å². The van der Waals surface area contributed by atoms with Crippen LogP contribution in [0, 0.1) is 0 Å². The average molecular weight is 298 g/mol. The SMILES string of the molecule is CCOc1nc(NN)nc(NC2CCCC2SCC)n1. The number of nitrogens with zero attached hydrogens (tertiary/aromatic N) is 3. The molecule has 112 valence electrons. The Kier molecular flexibility index (Phi) is 5.66. The molecule has 0 amide bonds. The number of nitrogens with one attached hydrogen (secondary N) is 2. The fourth-order valence-corrected chi connectivity index (χ4v) is 3.55. The molecule has 1 aliphatic rings. The Morgan fingerprint density at radius 3 is 2.75 bits per heavy atom. The van der Waals surface area contributed by atoms with E-state index in [0.717, 1.165) is 12.2 Å². The highest BCUT2D eigenvalue weighted by Gasteiger charge is 2.28. The van der Waals surface area contributed by atoms with Crippen molar-refractivity contribution < 1.29 is 4.74 Å². The minimum absolute atomic E-state index is 0.288. The summed E-state index contributed by atoms with van der Waals surface area (Å²) in [6.07, 6.45) is 3.61. The molecule has 2 atom stereocenters. The molecule has 0 aliphatic heterocycles. The summed E-state index contributed by atoms with van der Waals surface area (Å²) >= 11 is 1.99. The van der Waals surface area contributed by atoms with Gasteiger partial charge in [-0.05, 0) is 25.5 Å². The molecule has 7 nitrogen and oxygen atoms in total. The molecule has 0 saturated heterocycles. The summed E-state index contributed by atoms with van der Waals surface area (Å²) in [5.41, 5.74) is 2.44. The van der Waals surface area contributed by atoms with E-state index in [9.17, 15) is 0 Å². The van der Waals surface area contributed by atoms with Crippen LogP contribution in [0.1, 0.15) is 33.1 Å². The van der Waals surface area contributed by atoms with Gasteiger partial charge < -0.3 is 10.1 Å². The summed E-state index contributed by atoms with van der Waals surface area (Å²) in [5.74, 6) is 7.33. The van der Waals surface area contributed by atoms with Gasteiger partial charge in [-0.25, -0.2) is 5.84 Å². The smallest absolute Gasteiger partial charge is 0.323 e. The number of ether oxygens (including phenoxy) is 1. The molecule has 0 bridgehead atoms. The molecule has 20 heavy (non-hydrogen) atoms. The number of anilines is 2. The minimum atomic E-state index is 0.288. The lowest BCUT2D eigenvalue weighted by Gasteiger charge is -2.20. The van der Waals surface area contributed by atoms with Crippen LogP contribution in [0.2, 0.25) is 0 Å². The molecule has 1 aromatic heterocycles. The number of thioether (sulfide) groups is 1. The lowest BCUT2D eigenvalue weighted by molar-refractivity contribution is 0.312. The van der Waals surface area contributed by atoms with E-state index in [1.807, 2.05) is 18.7 Å². The quantitative estimate of drug-likeness (QED) is 0.516. The third-order valence-electron chi connectivity index (χ3n) is 3.17. The normalized spacial score (nSPS) is 21.8. The predicted molar refractivity (Wildman–Crippen MR) is 82.0 cm³/mol. The maximum atomic E-state index is 5.38. The third-order valence-corrected chi connectivity index (χ3v) is 4.49. The molecule has 1 saturated carbocycles. The molecule has 1 fully saturated rings. The van der Waals surface area contributed by atoms with Gasteiger partial charge in [-0.1, -0.05) is 13.3 Å². The largest absolute Gasteiger partial charge is 0.464 e. The van der Waals surface area contributed by atoms with Crippen molar-refractivity contribution in [3.05, 3.63) is 0 Å². The Morgan fingerprint density at radius 1 is 1.25 bits per heavy atom. The maximum absolute atomic E-state index is 5.38. The van der Waals surface area contributed by atoms with Gasteiger partial charge >= 0.3 is 6.01 Å². The lowest BCUT2D eigenvalue weighted by atomic mass is 10.2. The highest BCUT2D eigenvalue weighted by molar-refractivity contribution is 7.99. The van der Waals surface area contributed by atoms with Crippen LogP contribution in [-0.4, -0.2) is 38.6 Å². The summed E-state index contributed by atoms with van der Waals surface area (Å²) in [6.45, 7) is 4.58. The Balaban J connectivity index is 2.09. The lowest BCUT2D eigenvalue weighted by Crippen LogP contribution is -2.27. The van der Waals surface area contributed by atoms with E-state index in [4.69, 9.17) is 10.6 Å². The second kappa shape index (κ2) is 7.49. The van der Waals surface area contributed by atoms with Gasteiger partial charge in [0.25, 0.3) is 0 Å². The first kappa shape index (κ1) is 15.1. The van der Waals surface area contributed by atoms with Crippen molar-refractivity contribution in [1.82, 2.24) is 15.0 Å². The Bertz CT molecular complexity index is 432. The number of hydrogen-bond acceptors (Lipinski definition) is 8. The van der Waals surface area contributed by atoms with Crippen molar-refractivity contribution in [1.29, 1.82) is 0 Å². The van der Waals surface area contributed by atoms with Gasteiger partial charge in [0.1, 0.15) is 0 Å². The second-order valence-corrected chi connectivity index (χ2v) is 6.03. The number of nitrogen functional groups attached to an aromatic ring is 1. The van der Waals surface area contributed by atoms with Crippen LogP contribution in [0.15, 0.2) is 0 Å². The van der Waals surface area contributed by atoms with Gasteiger partial charge in [-0.2, -0.15) is 26.7 Å². The van der Waals surface area contributed by atoms with Crippen LogP contribution >= 0.6 is 11.8 Å². The number of nitrogens with two attached hydrogens (primary N) is 1. The third kappa shape index (κ3) is 3.86. The van der Waals surface area contributed by atoms with E-state index in [-0.39, 0.29) is 6.01 Å². The fourth-order valence-electron chi connectivity index (χ4n) is 2.35. The number of aromatic nitrogens is 3. The van der Waals surface area contributed by atoms with Gasteiger partial charge in [-0.3, -0.25) is 5.43 Å². The highest BCUT2D eigenvalue weighted by Crippen LogP contribution is 2.31. The number of hydrazine groups is 1. The van der Waals surface area contributed by atoms with Crippen LogP contribution in [0.5, 0.6) is 6.01 Å². The minimum Gasteiger partial charge on any atom is -0.464 e. The summed E-state index contributed by atoms with van der Waals surface area (Å²) in [4.78, 5) is 12.5. The van der Waals surface area contributed by atoms with Crippen LogP contribution in [0.3, 0.4) is 0 Å². The number of rotatable bonds is 7. The monoisotopic (exact) mass is 298 g/mol. The van der Waals surface area contributed by atoms with Crippen molar-refractivity contribution in [2.45, 2.75) is 44.4 Å². The summed E-state index contributed by atoms with van der Waals surface area (Å²) in [6, 6.07) is 0.679. The van der Waals surface area contributed by atoms with E-state index < -0.39 is 0 Å².